The van der Waals surface area contributed by atoms with Crippen LogP contribution in [0.3, 0.4) is 0 Å². The molecule has 0 bridgehead atoms. The van der Waals surface area contributed by atoms with Crippen LogP contribution in [0.4, 0.5) is 5.82 Å². The van der Waals surface area contributed by atoms with Crippen molar-refractivity contribution in [3.8, 4) is 0 Å². The first-order chi connectivity index (χ1) is 7.25. The van der Waals surface area contributed by atoms with Gasteiger partial charge in [0.25, 0.3) is 0 Å². The standard InChI is InChI=1S/C11H9N3O/c1-6-13-8-4-2-3-7-9(15)5-12-11(14-6)10(7)8/h2-4H,5H2,1H3,(H,12,13,14). The van der Waals surface area contributed by atoms with Gasteiger partial charge in [0.2, 0.25) is 0 Å². The fourth-order valence-electron chi connectivity index (χ4n) is 1.92. The zero-order valence-corrected chi connectivity index (χ0v) is 8.24. The SMILES string of the molecule is Cc1nc2c3c(cccc3n1)C(=O)CN2. The molecule has 1 aromatic heterocycles. The first kappa shape index (κ1) is 8.35. The second-order valence-corrected chi connectivity index (χ2v) is 3.60. The Morgan fingerprint density at radius 3 is 3.07 bits per heavy atom. The molecule has 0 saturated heterocycles. The molecule has 2 aromatic rings. The number of hydrogen-bond acceptors (Lipinski definition) is 4. The van der Waals surface area contributed by atoms with Gasteiger partial charge in [-0.25, -0.2) is 9.97 Å². The van der Waals surface area contributed by atoms with E-state index in [1.807, 2.05) is 25.1 Å². The fourth-order valence-corrected chi connectivity index (χ4v) is 1.92. The molecule has 0 fully saturated rings. The van der Waals surface area contributed by atoms with E-state index in [9.17, 15) is 4.79 Å². The maximum atomic E-state index is 11.6. The Labute approximate surface area is 86.4 Å². The highest BCUT2D eigenvalue weighted by Crippen LogP contribution is 2.27. The van der Waals surface area contributed by atoms with Crippen molar-refractivity contribution in [3.63, 3.8) is 0 Å². The summed E-state index contributed by atoms with van der Waals surface area (Å²) < 4.78 is 0. The molecular formula is C11H9N3O. The zero-order chi connectivity index (χ0) is 10.4. The third kappa shape index (κ3) is 1.11. The topological polar surface area (TPSA) is 54.9 Å². The average Bonchev–Trinajstić information content (AvgIpc) is 2.23. The molecule has 15 heavy (non-hydrogen) atoms. The Morgan fingerprint density at radius 1 is 1.33 bits per heavy atom. The van der Waals surface area contributed by atoms with Gasteiger partial charge in [0, 0.05) is 5.56 Å². The normalized spacial score (nSPS) is 14.1. The summed E-state index contributed by atoms with van der Waals surface area (Å²) >= 11 is 0. The highest BCUT2D eigenvalue weighted by atomic mass is 16.1. The predicted molar refractivity (Wildman–Crippen MR) is 57.1 cm³/mol. The van der Waals surface area contributed by atoms with Crippen molar-refractivity contribution in [2.75, 3.05) is 11.9 Å². The first-order valence-corrected chi connectivity index (χ1v) is 4.80. The predicted octanol–water partition coefficient (Wildman–Crippen LogP) is 1.55. The number of hydrogen-bond donors (Lipinski definition) is 1. The van der Waals surface area contributed by atoms with Crippen LogP contribution in [0.1, 0.15) is 16.2 Å². The largest absolute Gasteiger partial charge is 0.362 e. The van der Waals surface area contributed by atoms with Gasteiger partial charge in [0.05, 0.1) is 17.4 Å². The molecule has 74 valence electrons. The Bertz CT molecular complexity index is 577. The molecule has 0 aliphatic carbocycles. The number of anilines is 1. The molecule has 0 spiro atoms. The third-order valence-corrected chi connectivity index (χ3v) is 2.55. The molecule has 4 nitrogen and oxygen atoms in total. The zero-order valence-electron chi connectivity index (χ0n) is 8.24. The van der Waals surface area contributed by atoms with E-state index in [1.165, 1.54) is 0 Å². The van der Waals surface area contributed by atoms with Crippen LogP contribution in [0.15, 0.2) is 18.2 Å². The van der Waals surface area contributed by atoms with Crippen LogP contribution in [-0.2, 0) is 0 Å². The molecule has 0 atom stereocenters. The summed E-state index contributed by atoms with van der Waals surface area (Å²) in [6.07, 6.45) is 0. The van der Waals surface area contributed by atoms with Crippen LogP contribution in [0, 0.1) is 6.92 Å². The lowest BCUT2D eigenvalue weighted by molar-refractivity contribution is 0.101. The Morgan fingerprint density at radius 2 is 2.20 bits per heavy atom. The lowest BCUT2D eigenvalue weighted by Gasteiger charge is -2.16. The van der Waals surface area contributed by atoms with E-state index >= 15 is 0 Å². The minimum Gasteiger partial charge on any atom is -0.362 e. The van der Waals surface area contributed by atoms with Gasteiger partial charge >= 0.3 is 0 Å². The molecule has 1 aliphatic rings. The highest BCUT2D eigenvalue weighted by molar-refractivity contribution is 6.15. The lowest BCUT2D eigenvalue weighted by Crippen LogP contribution is -2.21. The number of aromatic nitrogens is 2. The fraction of sp³-hybridized carbons (Fsp3) is 0.182. The minimum absolute atomic E-state index is 0.0977. The molecule has 0 radical (unpaired) electrons. The van der Waals surface area contributed by atoms with E-state index in [4.69, 9.17) is 0 Å². The Kier molecular flexibility index (Phi) is 1.54. The van der Waals surface area contributed by atoms with Crippen molar-refractivity contribution < 1.29 is 4.79 Å². The van der Waals surface area contributed by atoms with Crippen molar-refractivity contribution >= 4 is 22.5 Å². The van der Waals surface area contributed by atoms with E-state index in [-0.39, 0.29) is 5.78 Å². The van der Waals surface area contributed by atoms with Crippen LogP contribution < -0.4 is 5.32 Å². The van der Waals surface area contributed by atoms with Crippen molar-refractivity contribution in [1.82, 2.24) is 9.97 Å². The molecule has 3 rings (SSSR count). The van der Waals surface area contributed by atoms with Gasteiger partial charge in [0.1, 0.15) is 11.6 Å². The molecule has 0 amide bonds. The van der Waals surface area contributed by atoms with Gasteiger partial charge < -0.3 is 5.32 Å². The van der Waals surface area contributed by atoms with Crippen LogP contribution >= 0.6 is 0 Å². The molecule has 4 heteroatoms. The van der Waals surface area contributed by atoms with Gasteiger partial charge in [-0.1, -0.05) is 12.1 Å². The van der Waals surface area contributed by atoms with Crippen LogP contribution in [0.5, 0.6) is 0 Å². The van der Waals surface area contributed by atoms with Gasteiger partial charge in [0.15, 0.2) is 5.78 Å². The maximum absolute atomic E-state index is 11.6. The van der Waals surface area contributed by atoms with Crippen LogP contribution in [0.25, 0.3) is 10.9 Å². The first-order valence-electron chi connectivity index (χ1n) is 4.80. The third-order valence-electron chi connectivity index (χ3n) is 2.55. The average molecular weight is 199 g/mol. The quantitative estimate of drug-likeness (QED) is 0.699. The summed E-state index contributed by atoms with van der Waals surface area (Å²) in [7, 11) is 0. The number of benzene rings is 1. The molecule has 2 heterocycles. The molecule has 0 saturated carbocycles. The number of ketones is 1. The molecule has 1 aliphatic heterocycles. The van der Waals surface area contributed by atoms with E-state index in [0.29, 0.717) is 6.54 Å². The number of aryl methyl sites for hydroxylation is 1. The van der Waals surface area contributed by atoms with Gasteiger partial charge in [-0.15, -0.1) is 0 Å². The van der Waals surface area contributed by atoms with E-state index in [1.54, 1.807) is 0 Å². The number of carbonyl (C=O) groups is 1. The lowest BCUT2D eigenvalue weighted by atomic mass is 10.0. The summed E-state index contributed by atoms with van der Waals surface area (Å²) in [5, 5.41) is 3.86. The highest BCUT2D eigenvalue weighted by Gasteiger charge is 2.20. The number of carbonyl (C=O) groups excluding carboxylic acids is 1. The summed E-state index contributed by atoms with van der Waals surface area (Å²) in [5.41, 5.74) is 1.55. The summed E-state index contributed by atoms with van der Waals surface area (Å²) in [5.74, 6) is 1.59. The second kappa shape index (κ2) is 2.76. The van der Waals surface area contributed by atoms with Crippen molar-refractivity contribution in [2.24, 2.45) is 0 Å². The van der Waals surface area contributed by atoms with Crippen molar-refractivity contribution in [3.05, 3.63) is 29.6 Å². The molecular weight excluding hydrogens is 190 g/mol. The van der Waals surface area contributed by atoms with Gasteiger partial charge in [-0.05, 0) is 13.0 Å². The number of nitrogens with zero attached hydrogens (tertiary/aromatic N) is 2. The van der Waals surface area contributed by atoms with Gasteiger partial charge in [-0.2, -0.15) is 0 Å². The monoisotopic (exact) mass is 199 g/mol. The number of Topliss-reactive ketones (excluding diaryl/α,β-unsaturated/α-hetero) is 1. The maximum Gasteiger partial charge on any atom is 0.182 e. The van der Waals surface area contributed by atoms with Crippen LogP contribution in [0.2, 0.25) is 0 Å². The van der Waals surface area contributed by atoms with Crippen molar-refractivity contribution in [2.45, 2.75) is 6.92 Å². The van der Waals surface area contributed by atoms with Crippen LogP contribution in [-0.4, -0.2) is 22.3 Å². The molecule has 0 unspecified atom stereocenters. The molecule has 1 N–H and O–H groups in total. The van der Waals surface area contributed by atoms with Crippen molar-refractivity contribution in [1.29, 1.82) is 0 Å². The second-order valence-electron chi connectivity index (χ2n) is 3.60. The minimum atomic E-state index is 0.0977. The van der Waals surface area contributed by atoms with E-state index in [0.717, 1.165) is 28.1 Å². The van der Waals surface area contributed by atoms with E-state index in [2.05, 4.69) is 15.3 Å². The number of rotatable bonds is 0. The summed E-state index contributed by atoms with van der Waals surface area (Å²) in [4.78, 5) is 20.2. The van der Waals surface area contributed by atoms with E-state index < -0.39 is 0 Å². The molecule has 1 aromatic carbocycles. The summed E-state index contributed by atoms with van der Waals surface area (Å²) in [6, 6.07) is 5.59. The van der Waals surface area contributed by atoms with Gasteiger partial charge in [-0.3, -0.25) is 4.79 Å². The summed E-state index contributed by atoms with van der Waals surface area (Å²) in [6.45, 7) is 2.17. The Hall–Kier alpha value is -1.97. The Balaban J connectivity index is 2.50. The smallest absolute Gasteiger partial charge is 0.182 e. The number of nitrogens with one attached hydrogen (secondary N) is 1.